The van der Waals surface area contributed by atoms with Crippen LogP contribution in [0.4, 0.5) is 0 Å². The van der Waals surface area contributed by atoms with Crippen LogP contribution >= 0.6 is 0 Å². The minimum atomic E-state index is 0.441. The number of hydrogen-bond donors (Lipinski definition) is 0. The highest BCUT2D eigenvalue weighted by Gasteiger charge is 2.24. The van der Waals surface area contributed by atoms with Crippen LogP contribution in [-0.2, 0) is 12.8 Å². The molecule has 0 amide bonds. The zero-order chi connectivity index (χ0) is 17.8. The van der Waals surface area contributed by atoms with Crippen molar-refractivity contribution in [3.05, 3.63) is 89.0 Å². The first-order valence-corrected chi connectivity index (χ1v) is 9.69. The number of rotatable bonds is 6. The van der Waals surface area contributed by atoms with E-state index in [0.29, 0.717) is 5.92 Å². The zero-order valence-corrected chi connectivity index (χ0v) is 15.8. The molecule has 130 valence electrons. The molecule has 0 aromatic heterocycles. The van der Waals surface area contributed by atoms with Crippen LogP contribution in [0.25, 0.3) is 5.57 Å². The van der Waals surface area contributed by atoms with E-state index in [9.17, 15) is 0 Å². The molecule has 0 saturated carbocycles. The van der Waals surface area contributed by atoms with E-state index in [-0.39, 0.29) is 0 Å². The van der Waals surface area contributed by atoms with Crippen molar-refractivity contribution in [1.82, 2.24) is 0 Å². The second-order valence-corrected chi connectivity index (χ2v) is 7.41. The lowest BCUT2D eigenvalue weighted by molar-refractivity contribution is 0.729. The highest BCUT2D eigenvalue weighted by molar-refractivity contribution is 5.75. The van der Waals surface area contributed by atoms with E-state index in [2.05, 4.69) is 69.5 Å². The fourth-order valence-corrected chi connectivity index (χ4v) is 4.15. The largest absolute Gasteiger partial charge is 0.0995 e. The van der Waals surface area contributed by atoms with Crippen LogP contribution in [0.1, 0.15) is 73.3 Å². The molecule has 0 aliphatic heterocycles. The molecule has 0 nitrogen and oxygen atoms in total. The van der Waals surface area contributed by atoms with Gasteiger partial charge in [-0.15, -0.1) is 0 Å². The molecule has 0 radical (unpaired) electrons. The molecular weight excluding hydrogens is 300 g/mol. The van der Waals surface area contributed by atoms with Gasteiger partial charge in [0.2, 0.25) is 0 Å². The number of fused-ring (bicyclic) bond motifs is 2. The molecule has 2 aromatic rings. The van der Waals surface area contributed by atoms with Crippen molar-refractivity contribution in [3.63, 3.8) is 0 Å². The summed E-state index contributed by atoms with van der Waals surface area (Å²) in [4.78, 5) is 0. The summed E-state index contributed by atoms with van der Waals surface area (Å²) in [6.45, 7) is 13.3. The molecule has 2 aromatic carbocycles. The molecule has 0 saturated heterocycles. The number of hydrogen-bond acceptors (Lipinski definition) is 0. The second-order valence-electron chi connectivity index (χ2n) is 7.41. The first-order valence-electron chi connectivity index (χ1n) is 9.69. The smallest absolute Gasteiger partial charge is 0.00922 e. The van der Waals surface area contributed by atoms with Crippen molar-refractivity contribution in [2.24, 2.45) is 0 Å². The molecule has 1 atom stereocenters. The first kappa shape index (κ1) is 17.7. The molecule has 0 N–H and O–H groups in total. The Bertz CT molecular complexity index is 778. The number of benzene rings is 2. The highest BCUT2D eigenvalue weighted by Crippen LogP contribution is 2.41. The number of allylic oxidation sites excluding steroid dienone is 2. The summed E-state index contributed by atoms with van der Waals surface area (Å²) in [5, 5.41) is 0. The van der Waals surface area contributed by atoms with Gasteiger partial charge in [-0.3, -0.25) is 0 Å². The zero-order valence-electron chi connectivity index (χ0n) is 15.8. The monoisotopic (exact) mass is 330 g/mol. The van der Waals surface area contributed by atoms with E-state index in [0.717, 1.165) is 19.3 Å². The van der Waals surface area contributed by atoms with Gasteiger partial charge >= 0.3 is 0 Å². The van der Waals surface area contributed by atoms with Crippen molar-refractivity contribution >= 4 is 5.57 Å². The SMILES string of the molecule is C=C(CCC)Cc1ccc2c(c1)C(=C)C(CCC)c1ccccc1C2. The van der Waals surface area contributed by atoms with Crippen LogP contribution < -0.4 is 0 Å². The van der Waals surface area contributed by atoms with Crippen molar-refractivity contribution in [2.45, 2.75) is 58.3 Å². The van der Waals surface area contributed by atoms with Crippen LogP contribution in [0.5, 0.6) is 0 Å². The maximum Gasteiger partial charge on any atom is 0.00922 e. The Hall–Kier alpha value is -2.08. The molecule has 0 spiro atoms. The lowest BCUT2D eigenvalue weighted by atomic mass is 9.84. The first-order chi connectivity index (χ1) is 12.1. The van der Waals surface area contributed by atoms with Gasteiger partial charge in [-0.1, -0.05) is 87.9 Å². The summed E-state index contributed by atoms with van der Waals surface area (Å²) in [7, 11) is 0. The fourth-order valence-electron chi connectivity index (χ4n) is 4.15. The maximum atomic E-state index is 4.55. The molecule has 0 bridgehead atoms. The van der Waals surface area contributed by atoms with Crippen LogP contribution in [0, 0.1) is 0 Å². The van der Waals surface area contributed by atoms with Gasteiger partial charge in [0.25, 0.3) is 0 Å². The van der Waals surface area contributed by atoms with E-state index < -0.39 is 0 Å². The Morgan fingerprint density at radius 2 is 1.84 bits per heavy atom. The van der Waals surface area contributed by atoms with E-state index >= 15 is 0 Å². The van der Waals surface area contributed by atoms with Gasteiger partial charge in [0, 0.05) is 5.92 Å². The lowest BCUT2D eigenvalue weighted by Crippen LogP contribution is -2.02. The summed E-state index contributed by atoms with van der Waals surface area (Å²) >= 11 is 0. The minimum Gasteiger partial charge on any atom is -0.0995 e. The lowest BCUT2D eigenvalue weighted by Gasteiger charge is -2.20. The van der Waals surface area contributed by atoms with E-state index in [1.165, 1.54) is 58.2 Å². The third kappa shape index (κ3) is 3.79. The van der Waals surface area contributed by atoms with Gasteiger partial charge < -0.3 is 0 Å². The highest BCUT2D eigenvalue weighted by atomic mass is 14.3. The summed E-state index contributed by atoms with van der Waals surface area (Å²) in [6, 6.07) is 15.9. The van der Waals surface area contributed by atoms with Gasteiger partial charge in [-0.05, 0) is 59.1 Å². The Morgan fingerprint density at radius 3 is 2.60 bits per heavy atom. The maximum absolute atomic E-state index is 4.55. The molecule has 3 rings (SSSR count). The molecule has 1 aliphatic rings. The normalized spacial score (nSPS) is 16.1. The third-order valence-electron chi connectivity index (χ3n) is 5.39. The van der Waals surface area contributed by atoms with Gasteiger partial charge in [-0.2, -0.15) is 0 Å². The predicted octanol–water partition coefficient (Wildman–Crippen LogP) is 7.09. The quantitative estimate of drug-likeness (QED) is 0.496. The predicted molar refractivity (Wildman–Crippen MR) is 110 cm³/mol. The van der Waals surface area contributed by atoms with Gasteiger partial charge in [0.1, 0.15) is 0 Å². The van der Waals surface area contributed by atoms with Gasteiger partial charge in [0.05, 0.1) is 0 Å². The fraction of sp³-hybridized carbons (Fsp3) is 0.360. The summed E-state index contributed by atoms with van der Waals surface area (Å²) in [5.41, 5.74) is 9.73. The van der Waals surface area contributed by atoms with Gasteiger partial charge in [-0.25, -0.2) is 0 Å². The molecule has 0 heterocycles. The molecular formula is C25H30. The van der Waals surface area contributed by atoms with Crippen LogP contribution in [0.2, 0.25) is 0 Å². The molecule has 25 heavy (non-hydrogen) atoms. The van der Waals surface area contributed by atoms with E-state index in [1.54, 1.807) is 0 Å². The summed E-state index contributed by atoms with van der Waals surface area (Å²) < 4.78 is 0. The topological polar surface area (TPSA) is 0 Å². The van der Waals surface area contributed by atoms with Crippen molar-refractivity contribution in [1.29, 1.82) is 0 Å². The summed E-state index contributed by atoms with van der Waals surface area (Å²) in [6.07, 6.45) is 6.63. The average Bonchev–Trinajstić information content (AvgIpc) is 2.71. The molecule has 0 fully saturated rings. The Labute approximate surface area is 153 Å². The van der Waals surface area contributed by atoms with E-state index in [4.69, 9.17) is 0 Å². The van der Waals surface area contributed by atoms with Gasteiger partial charge in [0.15, 0.2) is 0 Å². The molecule has 1 unspecified atom stereocenters. The second kappa shape index (κ2) is 7.87. The van der Waals surface area contributed by atoms with Crippen molar-refractivity contribution in [2.75, 3.05) is 0 Å². The Kier molecular flexibility index (Phi) is 5.58. The van der Waals surface area contributed by atoms with Crippen LogP contribution in [0.3, 0.4) is 0 Å². The minimum absolute atomic E-state index is 0.441. The molecule has 0 heteroatoms. The van der Waals surface area contributed by atoms with E-state index in [1.807, 2.05) is 0 Å². The standard InChI is InChI=1S/C25H30/c1-5-9-18(3)15-20-13-14-22-17-21-11-7-8-12-24(21)23(10-6-2)19(4)25(22)16-20/h7-8,11-14,16,23H,3-6,9-10,15,17H2,1-2H3. The molecule has 1 aliphatic carbocycles. The van der Waals surface area contributed by atoms with Crippen molar-refractivity contribution < 1.29 is 0 Å². The summed E-state index contributed by atoms with van der Waals surface area (Å²) in [5.74, 6) is 0.441. The van der Waals surface area contributed by atoms with Crippen LogP contribution in [0.15, 0.2) is 61.2 Å². The Balaban J connectivity index is 2.00. The van der Waals surface area contributed by atoms with Crippen LogP contribution in [-0.4, -0.2) is 0 Å². The average molecular weight is 331 g/mol. The third-order valence-corrected chi connectivity index (χ3v) is 5.39. The Morgan fingerprint density at radius 1 is 1.04 bits per heavy atom. The van der Waals surface area contributed by atoms with Crippen molar-refractivity contribution in [3.8, 4) is 0 Å².